The maximum atomic E-state index is 10.9. The summed E-state index contributed by atoms with van der Waals surface area (Å²) in [6.07, 6.45) is 1.77. The third-order valence-corrected chi connectivity index (χ3v) is 1.42. The van der Waals surface area contributed by atoms with Gasteiger partial charge in [0.15, 0.2) is 0 Å². The normalized spacial score (nSPS) is 8.59. The van der Waals surface area contributed by atoms with Crippen molar-refractivity contribution >= 4 is 11.9 Å². The van der Waals surface area contributed by atoms with Gasteiger partial charge in [-0.3, -0.25) is 0 Å². The number of aliphatic hydroxyl groups excluding tert-OH is 2. The highest BCUT2D eigenvalue weighted by Gasteiger charge is 2.06. The summed E-state index contributed by atoms with van der Waals surface area (Å²) in [7, 11) is 0. The first-order valence-corrected chi connectivity index (χ1v) is 4.91. The van der Waals surface area contributed by atoms with E-state index in [1.807, 2.05) is 0 Å². The predicted octanol–water partition coefficient (Wildman–Crippen LogP) is 0.108. The number of carboxylic acids is 1. The highest BCUT2D eigenvalue weighted by Crippen LogP contribution is 2.03. The maximum absolute atomic E-state index is 10.9. The molecule has 0 aliphatic carbocycles. The molecular weight excluding hydrogens is 228 g/mol. The monoisotopic (exact) mass is 246 g/mol. The summed E-state index contributed by atoms with van der Waals surface area (Å²) in [5, 5.41) is 24.4. The molecule has 0 bridgehead atoms. The maximum Gasteiger partial charge on any atom is 0.333 e. The Balaban J connectivity index is 0. The smallest absolute Gasteiger partial charge is 0.333 e. The zero-order valence-electron chi connectivity index (χ0n) is 9.59. The van der Waals surface area contributed by atoms with Gasteiger partial charge in [0, 0.05) is 18.3 Å². The lowest BCUT2D eigenvalue weighted by Crippen LogP contribution is -2.10. The van der Waals surface area contributed by atoms with Crippen LogP contribution in [0.4, 0.5) is 0 Å². The molecule has 0 aliphatic rings. The van der Waals surface area contributed by atoms with Gasteiger partial charge >= 0.3 is 11.9 Å². The van der Waals surface area contributed by atoms with Gasteiger partial charge in [0.05, 0.1) is 6.61 Å². The van der Waals surface area contributed by atoms with Crippen molar-refractivity contribution < 1.29 is 29.6 Å². The van der Waals surface area contributed by atoms with Crippen LogP contribution in [-0.4, -0.2) is 47.1 Å². The van der Waals surface area contributed by atoms with Gasteiger partial charge < -0.3 is 20.1 Å². The van der Waals surface area contributed by atoms with Crippen LogP contribution in [0.15, 0.2) is 24.8 Å². The predicted molar refractivity (Wildman–Crippen MR) is 61.3 cm³/mol. The second-order valence-corrected chi connectivity index (χ2v) is 2.83. The van der Waals surface area contributed by atoms with E-state index in [1.165, 1.54) is 0 Å². The summed E-state index contributed by atoms with van der Waals surface area (Å²) in [4.78, 5) is 20.1. The Kier molecular flexibility index (Phi) is 12.9. The van der Waals surface area contributed by atoms with Crippen LogP contribution >= 0.6 is 0 Å². The van der Waals surface area contributed by atoms with E-state index in [0.717, 1.165) is 6.08 Å². The SMILES string of the molecule is C=C(CCCO)C(=O)OCCO.C=CC(=O)O. The minimum atomic E-state index is -0.981. The van der Waals surface area contributed by atoms with Crippen LogP contribution in [0.5, 0.6) is 0 Å². The van der Waals surface area contributed by atoms with E-state index in [2.05, 4.69) is 17.9 Å². The lowest BCUT2D eigenvalue weighted by atomic mass is 10.2. The number of ether oxygens (including phenoxy) is 1. The molecule has 0 aromatic rings. The molecule has 0 fully saturated rings. The van der Waals surface area contributed by atoms with Crippen LogP contribution in [-0.2, 0) is 14.3 Å². The van der Waals surface area contributed by atoms with Crippen molar-refractivity contribution in [2.75, 3.05) is 19.8 Å². The molecule has 17 heavy (non-hydrogen) atoms. The Hall–Kier alpha value is -1.66. The minimum Gasteiger partial charge on any atom is -0.478 e. The molecule has 0 aromatic heterocycles. The minimum absolute atomic E-state index is 0.00300. The zero-order valence-corrected chi connectivity index (χ0v) is 9.59. The Labute approximate surface area is 99.8 Å². The summed E-state index contributed by atoms with van der Waals surface area (Å²) < 4.78 is 4.58. The molecule has 0 saturated heterocycles. The number of rotatable bonds is 7. The molecule has 98 valence electrons. The van der Waals surface area contributed by atoms with Gasteiger partial charge in [0.1, 0.15) is 6.61 Å². The van der Waals surface area contributed by atoms with E-state index in [-0.39, 0.29) is 19.8 Å². The molecule has 0 radical (unpaired) electrons. The van der Waals surface area contributed by atoms with Crippen molar-refractivity contribution in [3.8, 4) is 0 Å². The summed E-state index contributed by atoms with van der Waals surface area (Å²) in [6, 6.07) is 0. The third kappa shape index (κ3) is 14.3. The van der Waals surface area contributed by atoms with Crippen LogP contribution in [0.25, 0.3) is 0 Å². The molecule has 0 heterocycles. The molecule has 6 heteroatoms. The Morgan fingerprint density at radius 3 is 2.12 bits per heavy atom. The fraction of sp³-hybridized carbons (Fsp3) is 0.455. The number of aliphatic hydroxyl groups is 2. The fourth-order valence-electron chi connectivity index (χ4n) is 0.635. The Morgan fingerprint density at radius 2 is 1.76 bits per heavy atom. The lowest BCUT2D eigenvalue weighted by Gasteiger charge is -2.03. The van der Waals surface area contributed by atoms with Gasteiger partial charge in [0.2, 0.25) is 0 Å². The van der Waals surface area contributed by atoms with E-state index < -0.39 is 11.9 Å². The molecule has 3 N–H and O–H groups in total. The van der Waals surface area contributed by atoms with Crippen LogP contribution in [0.1, 0.15) is 12.8 Å². The molecule has 0 unspecified atom stereocenters. The average Bonchev–Trinajstić information content (AvgIpc) is 2.33. The zero-order chi connectivity index (χ0) is 13.7. The van der Waals surface area contributed by atoms with E-state index in [9.17, 15) is 9.59 Å². The molecule has 6 nitrogen and oxygen atoms in total. The molecule has 0 saturated carbocycles. The number of hydrogen-bond donors (Lipinski definition) is 3. The summed E-state index contributed by atoms with van der Waals surface area (Å²) in [6.45, 7) is 6.29. The summed E-state index contributed by atoms with van der Waals surface area (Å²) in [5.41, 5.74) is 0.331. The third-order valence-electron chi connectivity index (χ3n) is 1.42. The largest absolute Gasteiger partial charge is 0.478 e. The van der Waals surface area contributed by atoms with Crippen molar-refractivity contribution in [2.45, 2.75) is 12.8 Å². The first-order valence-electron chi connectivity index (χ1n) is 4.91. The Bertz CT molecular complexity index is 241. The number of carbonyl (C=O) groups excluding carboxylic acids is 1. The number of esters is 1. The molecule has 0 spiro atoms. The summed E-state index contributed by atoms with van der Waals surface area (Å²) >= 11 is 0. The van der Waals surface area contributed by atoms with Gasteiger partial charge in [-0.25, -0.2) is 9.59 Å². The first kappa shape index (κ1) is 17.7. The molecule has 0 aliphatic heterocycles. The highest BCUT2D eigenvalue weighted by atomic mass is 16.5. The van der Waals surface area contributed by atoms with Crippen molar-refractivity contribution in [1.82, 2.24) is 0 Å². The van der Waals surface area contributed by atoms with Crippen LogP contribution in [0.3, 0.4) is 0 Å². The number of carbonyl (C=O) groups is 2. The summed E-state index contributed by atoms with van der Waals surface area (Å²) in [5.74, 6) is -1.48. The standard InChI is InChI=1S/C8H14O4.C3H4O2/c1-7(3-2-4-9)8(11)12-6-5-10;1-2-3(4)5/h9-10H,1-6H2;2H,1H2,(H,4,5). The lowest BCUT2D eigenvalue weighted by molar-refractivity contribution is -0.140. The highest BCUT2D eigenvalue weighted by molar-refractivity contribution is 5.87. The number of carboxylic acid groups (broad SMARTS) is 1. The Morgan fingerprint density at radius 1 is 1.24 bits per heavy atom. The van der Waals surface area contributed by atoms with Crippen LogP contribution < -0.4 is 0 Å². The van der Waals surface area contributed by atoms with Gasteiger partial charge in [-0.15, -0.1) is 0 Å². The van der Waals surface area contributed by atoms with Gasteiger partial charge in [-0.05, 0) is 12.8 Å². The fourth-order valence-corrected chi connectivity index (χ4v) is 0.635. The van der Waals surface area contributed by atoms with Crippen molar-refractivity contribution in [3.63, 3.8) is 0 Å². The van der Waals surface area contributed by atoms with E-state index in [4.69, 9.17) is 15.3 Å². The van der Waals surface area contributed by atoms with Gasteiger partial charge in [-0.2, -0.15) is 0 Å². The van der Waals surface area contributed by atoms with Crippen LogP contribution in [0, 0.1) is 0 Å². The quantitative estimate of drug-likeness (QED) is 0.435. The number of hydrogen-bond acceptors (Lipinski definition) is 5. The van der Waals surface area contributed by atoms with E-state index >= 15 is 0 Å². The molecule has 0 aromatic carbocycles. The molecule has 0 atom stereocenters. The molecule has 0 amide bonds. The van der Waals surface area contributed by atoms with E-state index in [0.29, 0.717) is 18.4 Å². The average molecular weight is 246 g/mol. The number of aliphatic carboxylic acids is 1. The molecule has 0 rings (SSSR count). The van der Waals surface area contributed by atoms with E-state index in [1.54, 1.807) is 0 Å². The van der Waals surface area contributed by atoms with Gasteiger partial charge in [-0.1, -0.05) is 13.2 Å². The van der Waals surface area contributed by atoms with Gasteiger partial charge in [0.25, 0.3) is 0 Å². The van der Waals surface area contributed by atoms with Crippen molar-refractivity contribution in [2.24, 2.45) is 0 Å². The first-order chi connectivity index (χ1) is 7.99. The topological polar surface area (TPSA) is 104 Å². The van der Waals surface area contributed by atoms with Crippen LogP contribution in [0.2, 0.25) is 0 Å². The second kappa shape index (κ2) is 12.4. The van der Waals surface area contributed by atoms with Crippen molar-refractivity contribution in [1.29, 1.82) is 0 Å². The van der Waals surface area contributed by atoms with Crippen molar-refractivity contribution in [3.05, 3.63) is 24.8 Å². The second-order valence-electron chi connectivity index (χ2n) is 2.83. The molecular formula is C11H18O6.